The summed E-state index contributed by atoms with van der Waals surface area (Å²) in [6.07, 6.45) is 3.05. The van der Waals surface area contributed by atoms with Crippen molar-refractivity contribution < 1.29 is 14.6 Å². The number of rotatable bonds is 4. The minimum atomic E-state index is -0.340. The number of nitrogens with one attached hydrogen (secondary N) is 1. The topological polar surface area (TPSA) is 83.8 Å². The van der Waals surface area contributed by atoms with Gasteiger partial charge in [0, 0.05) is 18.0 Å². The van der Waals surface area contributed by atoms with Crippen LogP contribution in [-0.2, 0) is 0 Å². The van der Waals surface area contributed by atoms with Crippen LogP contribution in [0.15, 0.2) is 47.8 Å². The monoisotopic (exact) mass is 285 g/mol. The smallest absolute Gasteiger partial charge is 0.272 e. The maximum atomic E-state index is 11.8. The Morgan fingerprint density at radius 3 is 2.81 bits per heavy atom. The first-order chi connectivity index (χ1) is 10.1. The minimum absolute atomic E-state index is 0.0495. The van der Waals surface area contributed by atoms with Gasteiger partial charge in [-0.3, -0.25) is 9.78 Å². The van der Waals surface area contributed by atoms with E-state index in [9.17, 15) is 9.90 Å². The van der Waals surface area contributed by atoms with Crippen LogP contribution in [0.4, 0.5) is 0 Å². The van der Waals surface area contributed by atoms with Gasteiger partial charge in [0.15, 0.2) is 11.5 Å². The number of carbonyl (C=O) groups is 1. The largest absolute Gasteiger partial charge is 0.504 e. The number of aromatic hydroxyl groups is 1. The number of pyridine rings is 1. The first-order valence-corrected chi connectivity index (χ1v) is 6.24. The summed E-state index contributed by atoms with van der Waals surface area (Å²) >= 11 is 0. The van der Waals surface area contributed by atoms with Crippen molar-refractivity contribution in [1.82, 2.24) is 10.4 Å². The number of phenolic OH excluding ortho intramolecular Hbond substituents is 1. The molecule has 1 heterocycles. The number of hydrogen-bond donors (Lipinski definition) is 2. The number of benzene rings is 1. The van der Waals surface area contributed by atoms with E-state index >= 15 is 0 Å². The summed E-state index contributed by atoms with van der Waals surface area (Å²) in [6, 6.07) is 8.17. The van der Waals surface area contributed by atoms with Crippen LogP contribution in [0, 0.1) is 0 Å². The molecule has 6 nitrogen and oxygen atoms in total. The van der Waals surface area contributed by atoms with Crippen LogP contribution >= 0.6 is 0 Å². The summed E-state index contributed by atoms with van der Waals surface area (Å²) in [4.78, 5) is 15.7. The average Bonchev–Trinajstić information content (AvgIpc) is 2.53. The van der Waals surface area contributed by atoms with Gasteiger partial charge in [0.05, 0.1) is 18.4 Å². The molecule has 2 N–H and O–H groups in total. The van der Waals surface area contributed by atoms with Gasteiger partial charge in [0.25, 0.3) is 5.91 Å². The maximum Gasteiger partial charge on any atom is 0.272 e. The van der Waals surface area contributed by atoms with E-state index in [0.717, 1.165) is 5.56 Å². The summed E-state index contributed by atoms with van der Waals surface area (Å²) < 4.78 is 5.03. The van der Waals surface area contributed by atoms with Gasteiger partial charge in [-0.25, -0.2) is 5.43 Å². The second kappa shape index (κ2) is 6.51. The Bertz CT molecular complexity index is 669. The van der Waals surface area contributed by atoms with E-state index < -0.39 is 0 Å². The van der Waals surface area contributed by atoms with E-state index in [0.29, 0.717) is 17.0 Å². The van der Waals surface area contributed by atoms with Crippen molar-refractivity contribution in [2.24, 2.45) is 5.10 Å². The molecule has 6 heteroatoms. The lowest BCUT2D eigenvalue weighted by molar-refractivity contribution is 0.0954. The van der Waals surface area contributed by atoms with Crippen LogP contribution in [0.2, 0.25) is 0 Å². The van der Waals surface area contributed by atoms with Gasteiger partial charge in [0.1, 0.15) is 0 Å². The number of ether oxygens (including phenoxy) is 1. The van der Waals surface area contributed by atoms with E-state index in [4.69, 9.17) is 4.74 Å². The lowest BCUT2D eigenvalue weighted by Gasteiger charge is -2.06. The molecule has 0 saturated carbocycles. The van der Waals surface area contributed by atoms with E-state index in [1.54, 1.807) is 37.4 Å². The molecule has 0 aliphatic heterocycles. The molecule has 0 fully saturated rings. The molecule has 1 aromatic heterocycles. The SMILES string of the molecule is COc1cc(/C(C)=N\NC(=O)c2cccnc2)ccc1O. The first-order valence-electron chi connectivity index (χ1n) is 6.24. The molecule has 1 amide bonds. The average molecular weight is 285 g/mol. The van der Waals surface area contributed by atoms with Crippen LogP contribution < -0.4 is 10.2 Å². The summed E-state index contributed by atoms with van der Waals surface area (Å²) in [6.45, 7) is 1.75. The van der Waals surface area contributed by atoms with Gasteiger partial charge < -0.3 is 9.84 Å². The van der Waals surface area contributed by atoms with E-state index in [1.165, 1.54) is 19.4 Å². The Morgan fingerprint density at radius 2 is 2.14 bits per heavy atom. The van der Waals surface area contributed by atoms with Crippen molar-refractivity contribution in [2.45, 2.75) is 6.92 Å². The van der Waals surface area contributed by atoms with Crippen molar-refractivity contribution in [2.75, 3.05) is 7.11 Å². The fraction of sp³-hybridized carbons (Fsp3) is 0.133. The normalized spacial score (nSPS) is 11.0. The molecule has 0 bridgehead atoms. The molecule has 0 aliphatic carbocycles. The van der Waals surface area contributed by atoms with Crippen molar-refractivity contribution in [3.63, 3.8) is 0 Å². The summed E-state index contributed by atoms with van der Waals surface area (Å²) in [5.41, 5.74) is 4.20. The van der Waals surface area contributed by atoms with Gasteiger partial charge in [-0.2, -0.15) is 5.10 Å². The molecule has 0 atom stereocenters. The van der Waals surface area contributed by atoms with Crippen LogP contribution in [0.5, 0.6) is 11.5 Å². The lowest BCUT2D eigenvalue weighted by atomic mass is 10.1. The zero-order chi connectivity index (χ0) is 15.2. The maximum absolute atomic E-state index is 11.8. The van der Waals surface area contributed by atoms with E-state index in [1.807, 2.05) is 0 Å². The predicted molar refractivity (Wildman–Crippen MR) is 78.6 cm³/mol. The molecule has 2 rings (SSSR count). The summed E-state index contributed by atoms with van der Waals surface area (Å²) in [7, 11) is 1.47. The fourth-order valence-electron chi connectivity index (χ4n) is 1.66. The standard InChI is InChI=1S/C15H15N3O3/c1-10(11-5-6-13(19)14(8-11)21-2)17-18-15(20)12-4-3-7-16-9-12/h3-9,19H,1-2H3,(H,18,20)/b17-10-. The van der Waals surface area contributed by atoms with Gasteiger partial charge >= 0.3 is 0 Å². The Morgan fingerprint density at radius 1 is 1.33 bits per heavy atom. The number of methoxy groups -OCH3 is 1. The molecule has 0 spiro atoms. The highest BCUT2D eigenvalue weighted by Crippen LogP contribution is 2.26. The Hall–Kier alpha value is -2.89. The zero-order valence-corrected chi connectivity index (χ0v) is 11.7. The highest BCUT2D eigenvalue weighted by Gasteiger charge is 2.07. The number of hydrazone groups is 1. The van der Waals surface area contributed by atoms with Gasteiger partial charge in [-0.1, -0.05) is 0 Å². The number of hydrogen-bond acceptors (Lipinski definition) is 5. The van der Waals surface area contributed by atoms with E-state index in [-0.39, 0.29) is 11.7 Å². The molecule has 0 aliphatic rings. The van der Waals surface area contributed by atoms with Gasteiger partial charge in [-0.05, 0) is 37.3 Å². The number of amides is 1. The third-order valence-corrected chi connectivity index (χ3v) is 2.85. The molecule has 1 aromatic carbocycles. The molecule has 21 heavy (non-hydrogen) atoms. The van der Waals surface area contributed by atoms with E-state index in [2.05, 4.69) is 15.5 Å². The van der Waals surface area contributed by atoms with Crippen molar-refractivity contribution in [3.05, 3.63) is 53.9 Å². The number of carbonyl (C=O) groups excluding carboxylic acids is 1. The Labute approximate surface area is 122 Å². The summed E-state index contributed by atoms with van der Waals surface area (Å²) in [5.74, 6) is 0.0577. The van der Waals surface area contributed by atoms with Crippen molar-refractivity contribution in [3.8, 4) is 11.5 Å². The highest BCUT2D eigenvalue weighted by atomic mass is 16.5. The third kappa shape index (κ3) is 3.56. The molecule has 0 radical (unpaired) electrons. The zero-order valence-electron chi connectivity index (χ0n) is 11.7. The van der Waals surface area contributed by atoms with Crippen LogP contribution in [-0.4, -0.2) is 28.8 Å². The third-order valence-electron chi connectivity index (χ3n) is 2.85. The molecule has 0 saturated heterocycles. The first kappa shape index (κ1) is 14.5. The molecule has 108 valence electrons. The van der Waals surface area contributed by atoms with Crippen LogP contribution in [0.25, 0.3) is 0 Å². The van der Waals surface area contributed by atoms with Crippen molar-refractivity contribution in [1.29, 1.82) is 0 Å². The molecular formula is C15H15N3O3. The molecular weight excluding hydrogens is 270 g/mol. The minimum Gasteiger partial charge on any atom is -0.504 e. The lowest BCUT2D eigenvalue weighted by Crippen LogP contribution is -2.19. The number of phenols is 1. The fourth-order valence-corrected chi connectivity index (χ4v) is 1.66. The highest BCUT2D eigenvalue weighted by molar-refractivity contribution is 6.01. The van der Waals surface area contributed by atoms with Crippen LogP contribution in [0.3, 0.4) is 0 Å². The van der Waals surface area contributed by atoms with Gasteiger partial charge in [0.2, 0.25) is 0 Å². The molecule has 0 unspecified atom stereocenters. The number of aromatic nitrogens is 1. The second-order valence-corrected chi connectivity index (χ2v) is 4.27. The van der Waals surface area contributed by atoms with Crippen LogP contribution in [0.1, 0.15) is 22.8 Å². The quantitative estimate of drug-likeness (QED) is 0.664. The predicted octanol–water partition coefficient (Wildman–Crippen LogP) is 1.95. The van der Waals surface area contributed by atoms with Gasteiger partial charge in [-0.15, -0.1) is 0 Å². The molecule has 2 aromatic rings. The number of nitrogens with zero attached hydrogens (tertiary/aromatic N) is 2. The van der Waals surface area contributed by atoms with Crippen molar-refractivity contribution >= 4 is 11.6 Å². The Balaban J connectivity index is 2.13. The second-order valence-electron chi connectivity index (χ2n) is 4.27. The summed E-state index contributed by atoms with van der Waals surface area (Å²) in [5, 5.41) is 13.6. The Kier molecular flexibility index (Phi) is 4.50.